The number of Topliss-reactive ketones (excluding diaryl/α,β-unsaturated/α-hetero) is 1. The van der Waals surface area contributed by atoms with E-state index in [1.807, 2.05) is 0 Å². The lowest BCUT2D eigenvalue weighted by molar-refractivity contribution is -0.115. The van der Waals surface area contributed by atoms with Crippen molar-refractivity contribution in [3.8, 4) is 0 Å². The normalized spacial score (nSPS) is 23.7. The van der Waals surface area contributed by atoms with Crippen LogP contribution < -0.4 is 0 Å². The van der Waals surface area contributed by atoms with Gasteiger partial charge in [-0.15, -0.1) is 0 Å². The molecular formula is C12H16O. The summed E-state index contributed by atoms with van der Waals surface area (Å²) >= 11 is 0. The van der Waals surface area contributed by atoms with Crippen molar-refractivity contribution < 1.29 is 4.79 Å². The first-order valence-corrected chi connectivity index (χ1v) is 5.12. The Morgan fingerprint density at radius 1 is 1.00 bits per heavy atom. The predicted molar refractivity (Wildman–Crippen MR) is 53.5 cm³/mol. The second-order valence-electron chi connectivity index (χ2n) is 4.16. The summed E-state index contributed by atoms with van der Waals surface area (Å²) in [4.78, 5) is 11.7. The molecule has 2 rings (SSSR count). The van der Waals surface area contributed by atoms with Crippen LogP contribution in [-0.2, 0) is 4.79 Å². The van der Waals surface area contributed by atoms with Crippen molar-refractivity contribution in [2.24, 2.45) is 0 Å². The molecule has 0 bridgehead atoms. The number of carbonyl (C=O) groups is 1. The summed E-state index contributed by atoms with van der Waals surface area (Å²) in [6, 6.07) is 0. The molecule has 0 saturated carbocycles. The Kier molecular flexibility index (Phi) is 2.10. The van der Waals surface area contributed by atoms with Crippen molar-refractivity contribution in [1.82, 2.24) is 0 Å². The Hall–Kier alpha value is -0.850. The van der Waals surface area contributed by atoms with E-state index < -0.39 is 0 Å². The first kappa shape index (κ1) is 8.74. The second kappa shape index (κ2) is 3.13. The van der Waals surface area contributed by atoms with E-state index in [2.05, 4.69) is 13.8 Å². The fourth-order valence-corrected chi connectivity index (χ4v) is 2.37. The lowest BCUT2D eigenvalue weighted by Gasteiger charge is -2.25. The molecule has 0 aromatic heterocycles. The van der Waals surface area contributed by atoms with Crippen molar-refractivity contribution in [2.75, 3.05) is 0 Å². The summed E-state index contributed by atoms with van der Waals surface area (Å²) in [6.07, 6.45) is 5.29. The van der Waals surface area contributed by atoms with E-state index in [4.69, 9.17) is 0 Å². The van der Waals surface area contributed by atoms with E-state index >= 15 is 0 Å². The summed E-state index contributed by atoms with van der Waals surface area (Å²) in [5.41, 5.74) is 5.20. The number of allylic oxidation sites excluding steroid dienone is 4. The maximum Gasteiger partial charge on any atom is 0.163 e. The molecule has 1 nitrogen and oxygen atoms in total. The SMILES string of the molecule is CC1=C(C)C2=C(CCCC2=O)CC1. The van der Waals surface area contributed by atoms with E-state index in [0.29, 0.717) is 5.78 Å². The zero-order chi connectivity index (χ0) is 9.42. The highest BCUT2D eigenvalue weighted by Gasteiger charge is 2.24. The second-order valence-corrected chi connectivity index (χ2v) is 4.16. The summed E-state index contributed by atoms with van der Waals surface area (Å²) in [6.45, 7) is 4.26. The highest BCUT2D eigenvalue weighted by molar-refractivity contribution is 6.01. The minimum Gasteiger partial charge on any atom is -0.294 e. The fourth-order valence-electron chi connectivity index (χ4n) is 2.37. The fraction of sp³-hybridized carbons (Fsp3) is 0.583. The van der Waals surface area contributed by atoms with Crippen LogP contribution in [0.2, 0.25) is 0 Å². The molecule has 0 amide bonds. The van der Waals surface area contributed by atoms with Gasteiger partial charge in [0.25, 0.3) is 0 Å². The maximum absolute atomic E-state index is 11.7. The van der Waals surface area contributed by atoms with E-state index in [0.717, 1.165) is 37.7 Å². The van der Waals surface area contributed by atoms with Crippen molar-refractivity contribution in [1.29, 1.82) is 0 Å². The average molecular weight is 176 g/mol. The van der Waals surface area contributed by atoms with Crippen molar-refractivity contribution >= 4 is 5.78 Å². The number of hydrogen-bond donors (Lipinski definition) is 0. The zero-order valence-corrected chi connectivity index (χ0v) is 8.44. The molecule has 13 heavy (non-hydrogen) atoms. The van der Waals surface area contributed by atoms with Crippen LogP contribution in [0.3, 0.4) is 0 Å². The minimum absolute atomic E-state index is 0.387. The van der Waals surface area contributed by atoms with Gasteiger partial charge in [0, 0.05) is 12.0 Å². The third-order valence-corrected chi connectivity index (χ3v) is 3.33. The Morgan fingerprint density at radius 2 is 1.77 bits per heavy atom. The van der Waals surface area contributed by atoms with Gasteiger partial charge in [-0.3, -0.25) is 4.79 Å². The quantitative estimate of drug-likeness (QED) is 0.554. The molecule has 0 saturated heterocycles. The molecule has 70 valence electrons. The van der Waals surface area contributed by atoms with Gasteiger partial charge in [-0.25, -0.2) is 0 Å². The minimum atomic E-state index is 0.387. The van der Waals surface area contributed by atoms with Crippen molar-refractivity contribution in [2.45, 2.75) is 46.0 Å². The third kappa shape index (κ3) is 1.37. The first-order valence-electron chi connectivity index (χ1n) is 5.12. The number of rotatable bonds is 0. The molecule has 0 aromatic rings. The molecule has 0 aliphatic heterocycles. The van der Waals surface area contributed by atoms with E-state index in [9.17, 15) is 4.79 Å². The van der Waals surface area contributed by atoms with Crippen molar-refractivity contribution in [3.63, 3.8) is 0 Å². The van der Waals surface area contributed by atoms with E-state index in [1.165, 1.54) is 16.7 Å². The molecule has 0 N–H and O–H groups in total. The van der Waals surface area contributed by atoms with Gasteiger partial charge in [-0.2, -0.15) is 0 Å². The van der Waals surface area contributed by atoms with Crippen LogP contribution in [0.25, 0.3) is 0 Å². The summed E-state index contributed by atoms with van der Waals surface area (Å²) in [5.74, 6) is 0.387. The molecule has 2 aliphatic rings. The molecule has 1 heteroatoms. The molecule has 0 radical (unpaired) electrons. The Bertz CT molecular complexity index is 318. The van der Waals surface area contributed by atoms with Gasteiger partial charge in [0.1, 0.15) is 0 Å². The number of ketones is 1. The van der Waals surface area contributed by atoms with Crippen LogP contribution in [0, 0.1) is 0 Å². The highest BCUT2D eigenvalue weighted by Crippen LogP contribution is 2.36. The van der Waals surface area contributed by atoms with Crippen LogP contribution in [0.15, 0.2) is 22.3 Å². The van der Waals surface area contributed by atoms with Gasteiger partial charge in [0.15, 0.2) is 5.78 Å². The molecule has 2 aliphatic carbocycles. The number of carbonyl (C=O) groups excluding carboxylic acids is 1. The largest absolute Gasteiger partial charge is 0.294 e. The van der Waals surface area contributed by atoms with Gasteiger partial charge < -0.3 is 0 Å². The molecule has 0 fully saturated rings. The van der Waals surface area contributed by atoms with Crippen LogP contribution >= 0.6 is 0 Å². The summed E-state index contributed by atoms with van der Waals surface area (Å²) in [5, 5.41) is 0. The standard InChI is InChI=1S/C12H16O/c1-8-6-7-10-4-3-5-11(13)12(10)9(8)2/h3-7H2,1-2H3. The molecule has 0 unspecified atom stereocenters. The highest BCUT2D eigenvalue weighted by atomic mass is 16.1. The van der Waals surface area contributed by atoms with Crippen LogP contribution in [-0.4, -0.2) is 5.78 Å². The number of hydrogen-bond acceptors (Lipinski definition) is 1. The molecule has 0 aromatic carbocycles. The lowest BCUT2D eigenvalue weighted by atomic mass is 9.79. The molecule has 0 atom stereocenters. The zero-order valence-electron chi connectivity index (χ0n) is 8.44. The molecule has 0 spiro atoms. The van der Waals surface area contributed by atoms with Crippen LogP contribution in [0.4, 0.5) is 0 Å². The van der Waals surface area contributed by atoms with Gasteiger partial charge in [-0.05, 0) is 45.1 Å². The maximum atomic E-state index is 11.7. The first-order chi connectivity index (χ1) is 6.20. The van der Waals surface area contributed by atoms with Crippen LogP contribution in [0.1, 0.15) is 46.0 Å². The van der Waals surface area contributed by atoms with Gasteiger partial charge >= 0.3 is 0 Å². The van der Waals surface area contributed by atoms with E-state index in [-0.39, 0.29) is 0 Å². The molecular weight excluding hydrogens is 160 g/mol. The Labute approximate surface area is 79.5 Å². The van der Waals surface area contributed by atoms with Crippen molar-refractivity contribution in [3.05, 3.63) is 22.3 Å². The predicted octanol–water partition coefficient (Wildman–Crippen LogP) is 3.17. The van der Waals surface area contributed by atoms with Gasteiger partial charge in [-0.1, -0.05) is 11.1 Å². The Balaban J connectivity index is 2.47. The average Bonchev–Trinajstić information content (AvgIpc) is 2.12. The summed E-state index contributed by atoms with van der Waals surface area (Å²) < 4.78 is 0. The van der Waals surface area contributed by atoms with Crippen LogP contribution in [0.5, 0.6) is 0 Å². The summed E-state index contributed by atoms with van der Waals surface area (Å²) in [7, 11) is 0. The smallest absolute Gasteiger partial charge is 0.163 e. The molecule has 0 heterocycles. The monoisotopic (exact) mass is 176 g/mol. The lowest BCUT2D eigenvalue weighted by Crippen LogP contribution is -2.16. The third-order valence-electron chi connectivity index (χ3n) is 3.33. The topological polar surface area (TPSA) is 17.1 Å². The van der Waals surface area contributed by atoms with Gasteiger partial charge in [0.2, 0.25) is 0 Å². The van der Waals surface area contributed by atoms with E-state index in [1.54, 1.807) is 0 Å². The van der Waals surface area contributed by atoms with Gasteiger partial charge in [0.05, 0.1) is 0 Å². The Morgan fingerprint density at radius 3 is 2.54 bits per heavy atom.